The number of aliphatic hydroxyl groups excluding tert-OH is 1. The second-order valence-electron chi connectivity index (χ2n) is 4.85. The Morgan fingerprint density at radius 2 is 2.06 bits per heavy atom. The molecule has 0 aromatic heterocycles. The standard InChI is InChI=1S/C15H21NO/c1-2-12-8-9-15(17)14(10-12)16-11-13-6-4-3-5-7-13/h2-7,12,14-17H,1,8-11H2/t12-,14+,15+/m0/s1. The van der Waals surface area contributed by atoms with E-state index in [-0.39, 0.29) is 12.1 Å². The summed E-state index contributed by atoms with van der Waals surface area (Å²) in [5.74, 6) is 0.548. The molecule has 2 nitrogen and oxygen atoms in total. The lowest BCUT2D eigenvalue weighted by Crippen LogP contribution is -2.43. The molecule has 2 N–H and O–H groups in total. The number of rotatable bonds is 4. The molecule has 0 saturated heterocycles. The van der Waals surface area contributed by atoms with Crippen molar-refractivity contribution < 1.29 is 5.11 Å². The Bertz CT molecular complexity index is 349. The number of aliphatic hydroxyl groups is 1. The highest BCUT2D eigenvalue weighted by Gasteiger charge is 2.27. The van der Waals surface area contributed by atoms with Crippen LogP contribution >= 0.6 is 0 Å². The molecule has 0 aliphatic heterocycles. The fourth-order valence-electron chi connectivity index (χ4n) is 2.47. The number of hydrogen-bond donors (Lipinski definition) is 2. The molecule has 1 aromatic rings. The van der Waals surface area contributed by atoms with Crippen LogP contribution in [-0.2, 0) is 6.54 Å². The second kappa shape index (κ2) is 5.99. The van der Waals surface area contributed by atoms with E-state index in [4.69, 9.17) is 0 Å². The van der Waals surface area contributed by atoms with Crippen molar-refractivity contribution in [3.63, 3.8) is 0 Å². The van der Waals surface area contributed by atoms with Gasteiger partial charge in [0.15, 0.2) is 0 Å². The molecular weight excluding hydrogens is 210 g/mol. The van der Waals surface area contributed by atoms with E-state index in [1.807, 2.05) is 24.3 Å². The Hall–Kier alpha value is -1.12. The molecule has 0 bridgehead atoms. The van der Waals surface area contributed by atoms with Crippen LogP contribution in [0.15, 0.2) is 43.0 Å². The molecule has 1 aliphatic carbocycles. The summed E-state index contributed by atoms with van der Waals surface area (Å²) in [6.07, 6.45) is 4.74. The Balaban J connectivity index is 1.87. The summed E-state index contributed by atoms with van der Waals surface area (Å²) in [6, 6.07) is 10.5. The minimum absolute atomic E-state index is 0.201. The molecule has 1 saturated carbocycles. The minimum atomic E-state index is -0.213. The molecule has 17 heavy (non-hydrogen) atoms. The third-order valence-electron chi connectivity index (χ3n) is 3.60. The van der Waals surface area contributed by atoms with E-state index in [0.29, 0.717) is 5.92 Å². The Morgan fingerprint density at radius 3 is 2.76 bits per heavy atom. The SMILES string of the molecule is C=C[C@H]1CC[C@@H](O)[C@H](NCc2ccccc2)C1. The van der Waals surface area contributed by atoms with Crippen molar-refractivity contribution in [2.45, 2.75) is 38.0 Å². The Morgan fingerprint density at radius 1 is 1.29 bits per heavy atom. The summed E-state index contributed by atoms with van der Waals surface area (Å²) in [7, 11) is 0. The van der Waals surface area contributed by atoms with Crippen molar-refractivity contribution in [3.05, 3.63) is 48.6 Å². The molecule has 0 heterocycles. The van der Waals surface area contributed by atoms with E-state index < -0.39 is 0 Å². The summed E-state index contributed by atoms with van der Waals surface area (Å²) < 4.78 is 0. The number of hydrogen-bond acceptors (Lipinski definition) is 2. The van der Waals surface area contributed by atoms with Gasteiger partial charge in [-0.2, -0.15) is 0 Å². The van der Waals surface area contributed by atoms with Gasteiger partial charge in [0.2, 0.25) is 0 Å². The largest absolute Gasteiger partial charge is 0.392 e. The summed E-state index contributed by atoms with van der Waals surface area (Å²) in [4.78, 5) is 0. The van der Waals surface area contributed by atoms with Crippen molar-refractivity contribution >= 4 is 0 Å². The molecule has 0 amide bonds. The van der Waals surface area contributed by atoms with Crippen molar-refractivity contribution in [1.82, 2.24) is 5.32 Å². The number of nitrogens with one attached hydrogen (secondary N) is 1. The maximum atomic E-state index is 9.96. The van der Waals surface area contributed by atoms with Gasteiger partial charge in [-0.15, -0.1) is 6.58 Å². The van der Waals surface area contributed by atoms with Crippen LogP contribution in [0.3, 0.4) is 0 Å². The van der Waals surface area contributed by atoms with Crippen molar-refractivity contribution in [2.75, 3.05) is 0 Å². The monoisotopic (exact) mass is 231 g/mol. The quantitative estimate of drug-likeness (QED) is 0.780. The summed E-state index contributed by atoms with van der Waals surface area (Å²) in [6.45, 7) is 4.68. The first-order chi connectivity index (χ1) is 8.29. The van der Waals surface area contributed by atoms with E-state index >= 15 is 0 Å². The lowest BCUT2D eigenvalue weighted by atomic mass is 9.84. The van der Waals surface area contributed by atoms with Gasteiger partial charge in [-0.3, -0.25) is 0 Å². The highest BCUT2D eigenvalue weighted by atomic mass is 16.3. The molecule has 0 radical (unpaired) electrons. The highest BCUT2D eigenvalue weighted by molar-refractivity contribution is 5.14. The maximum absolute atomic E-state index is 9.96. The van der Waals surface area contributed by atoms with Gasteiger partial charge in [0.1, 0.15) is 0 Å². The van der Waals surface area contributed by atoms with Crippen LogP contribution in [0, 0.1) is 5.92 Å². The zero-order chi connectivity index (χ0) is 12.1. The minimum Gasteiger partial charge on any atom is -0.392 e. The topological polar surface area (TPSA) is 32.3 Å². The predicted molar refractivity (Wildman–Crippen MR) is 70.6 cm³/mol. The second-order valence-corrected chi connectivity index (χ2v) is 4.85. The van der Waals surface area contributed by atoms with E-state index in [0.717, 1.165) is 25.8 Å². The van der Waals surface area contributed by atoms with E-state index in [9.17, 15) is 5.11 Å². The van der Waals surface area contributed by atoms with Gasteiger partial charge in [-0.05, 0) is 30.7 Å². The lowest BCUT2D eigenvalue weighted by molar-refractivity contribution is 0.0778. The van der Waals surface area contributed by atoms with Gasteiger partial charge in [0, 0.05) is 12.6 Å². The normalized spacial score (nSPS) is 28.9. The van der Waals surface area contributed by atoms with Crippen LogP contribution in [0.2, 0.25) is 0 Å². The molecule has 1 aromatic carbocycles. The molecule has 2 heteroatoms. The van der Waals surface area contributed by atoms with Crippen molar-refractivity contribution in [3.8, 4) is 0 Å². The summed E-state index contributed by atoms with van der Waals surface area (Å²) in [5, 5.41) is 13.4. The van der Waals surface area contributed by atoms with Gasteiger partial charge in [0.05, 0.1) is 6.10 Å². The average molecular weight is 231 g/mol. The van der Waals surface area contributed by atoms with Crippen LogP contribution in [0.4, 0.5) is 0 Å². The predicted octanol–water partition coefficient (Wildman–Crippen LogP) is 2.49. The molecule has 2 rings (SSSR count). The van der Waals surface area contributed by atoms with Gasteiger partial charge < -0.3 is 10.4 Å². The summed E-state index contributed by atoms with van der Waals surface area (Å²) in [5.41, 5.74) is 1.26. The lowest BCUT2D eigenvalue weighted by Gasteiger charge is -2.32. The summed E-state index contributed by atoms with van der Waals surface area (Å²) >= 11 is 0. The van der Waals surface area contributed by atoms with Crippen molar-refractivity contribution in [1.29, 1.82) is 0 Å². The Kier molecular flexibility index (Phi) is 4.35. The van der Waals surface area contributed by atoms with Gasteiger partial charge >= 0.3 is 0 Å². The molecule has 1 aliphatic rings. The first kappa shape index (κ1) is 12.3. The molecule has 3 atom stereocenters. The van der Waals surface area contributed by atoms with Crippen LogP contribution in [-0.4, -0.2) is 17.3 Å². The first-order valence-electron chi connectivity index (χ1n) is 6.37. The highest BCUT2D eigenvalue weighted by Crippen LogP contribution is 2.25. The van der Waals surface area contributed by atoms with E-state index in [1.54, 1.807) is 0 Å². The fourth-order valence-corrected chi connectivity index (χ4v) is 2.47. The van der Waals surface area contributed by atoms with Gasteiger partial charge in [-0.1, -0.05) is 36.4 Å². The molecular formula is C15H21NO. The maximum Gasteiger partial charge on any atom is 0.0693 e. The van der Waals surface area contributed by atoms with Gasteiger partial charge in [0.25, 0.3) is 0 Å². The van der Waals surface area contributed by atoms with E-state index in [2.05, 4.69) is 24.0 Å². The fraction of sp³-hybridized carbons (Fsp3) is 0.467. The molecule has 92 valence electrons. The van der Waals surface area contributed by atoms with Gasteiger partial charge in [-0.25, -0.2) is 0 Å². The number of allylic oxidation sites excluding steroid dienone is 1. The Labute approximate surface area is 103 Å². The molecule has 1 fully saturated rings. The molecule has 0 unspecified atom stereocenters. The third kappa shape index (κ3) is 3.42. The average Bonchev–Trinajstić information content (AvgIpc) is 2.39. The first-order valence-corrected chi connectivity index (χ1v) is 6.37. The molecule has 0 spiro atoms. The van der Waals surface area contributed by atoms with Crippen LogP contribution in [0.25, 0.3) is 0 Å². The van der Waals surface area contributed by atoms with E-state index in [1.165, 1.54) is 5.56 Å². The van der Waals surface area contributed by atoms with Crippen LogP contribution in [0.5, 0.6) is 0 Å². The zero-order valence-electron chi connectivity index (χ0n) is 10.2. The third-order valence-corrected chi connectivity index (χ3v) is 3.60. The van der Waals surface area contributed by atoms with Crippen LogP contribution in [0.1, 0.15) is 24.8 Å². The number of benzene rings is 1. The van der Waals surface area contributed by atoms with Crippen LogP contribution < -0.4 is 5.32 Å². The van der Waals surface area contributed by atoms with Crippen molar-refractivity contribution in [2.24, 2.45) is 5.92 Å². The zero-order valence-corrected chi connectivity index (χ0v) is 10.2. The smallest absolute Gasteiger partial charge is 0.0693 e.